The van der Waals surface area contributed by atoms with Gasteiger partial charge in [-0.2, -0.15) is 0 Å². The van der Waals surface area contributed by atoms with Gasteiger partial charge in [0.1, 0.15) is 0 Å². The molecule has 5 nitrogen and oxygen atoms in total. The van der Waals surface area contributed by atoms with E-state index in [9.17, 15) is 4.79 Å². The molecule has 24 heavy (non-hydrogen) atoms. The normalized spacial score (nSPS) is 20.7. The summed E-state index contributed by atoms with van der Waals surface area (Å²) in [5, 5.41) is 3.46. The summed E-state index contributed by atoms with van der Waals surface area (Å²) < 4.78 is 0. The number of imidazole rings is 1. The first kappa shape index (κ1) is 15.4. The van der Waals surface area contributed by atoms with Crippen molar-refractivity contribution in [2.24, 2.45) is 5.92 Å². The van der Waals surface area contributed by atoms with Crippen LogP contribution in [0.1, 0.15) is 40.2 Å². The van der Waals surface area contributed by atoms with Gasteiger partial charge in [-0.05, 0) is 56.0 Å². The van der Waals surface area contributed by atoms with Gasteiger partial charge in [0.05, 0.1) is 24.3 Å². The summed E-state index contributed by atoms with van der Waals surface area (Å²) in [7, 11) is 0. The molecule has 2 aromatic rings. The number of rotatable bonds is 3. The molecule has 0 spiro atoms. The number of amides is 1. The number of aromatic nitrogens is 2. The van der Waals surface area contributed by atoms with Crippen LogP contribution in [0.15, 0.2) is 30.6 Å². The van der Waals surface area contributed by atoms with Crippen molar-refractivity contribution in [3.8, 4) is 0 Å². The van der Waals surface area contributed by atoms with Gasteiger partial charge in [0, 0.05) is 18.5 Å². The number of H-pyrrole nitrogens is 1. The van der Waals surface area contributed by atoms with E-state index in [0.29, 0.717) is 6.54 Å². The fourth-order valence-electron chi connectivity index (χ4n) is 3.78. The molecule has 1 atom stereocenters. The van der Waals surface area contributed by atoms with Crippen molar-refractivity contribution < 1.29 is 4.79 Å². The Labute approximate surface area is 142 Å². The average molecular weight is 324 g/mol. The van der Waals surface area contributed by atoms with Crippen molar-refractivity contribution in [1.29, 1.82) is 0 Å². The molecule has 0 aliphatic carbocycles. The Kier molecular flexibility index (Phi) is 4.34. The zero-order valence-corrected chi connectivity index (χ0v) is 13.9. The molecule has 2 aliphatic rings. The van der Waals surface area contributed by atoms with Crippen LogP contribution < -0.4 is 5.32 Å². The molecule has 126 valence electrons. The summed E-state index contributed by atoms with van der Waals surface area (Å²) in [6, 6.07) is 8.20. The number of benzene rings is 1. The van der Waals surface area contributed by atoms with Gasteiger partial charge in [-0.3, -0.25) is 4.79 Å². The Hall–Kier alpha value is -2.14. The third kappa shape index (κ3) is 3.22. The maximum Gasteiger partial charge on any atom is 0.254 e. The molecule has 1 amide bonds. The van der Waals surface area contributed by atoms with E-state index in [1.807, 2.05) is 17.0 Å². The van der Waals surface area contributed by atoms with Crippen LogP contribution in [0.5, 0.6) is 0 Å². The molecule has 0 bridgehead atoms. The summed E-state index contributed by atoms with van der Waals surface area (Å²) in [4.78, 5) is 22.0. The highest BCUT2D eigenvalue weighted by Gasteiger charge is 2.23. The summed E-state index contributed by atoms with van der Waals surface area (Å²) in [6.07, 6.45) is 6.22. The van der Waals surface area contributed by atoms with E-state index in [1.165, 1.54) is 18.4 Å². The molecule has 2 N–H and O–H groups in total. The molecule has 1 aromatic heterocycles. The third-order valence-corrected chi connectivity index (χ3v) is 5.19. The molecule has 0 unspecified atom stereocenters. The Balaban J connectivity index is 1.40. The Morgan fingerprint density at radius 1 is 1.29 bits per heavy atom. The van der Waals surface area contributed by atoms with E-state index in [0.717, 1.165) is 55.3 Å². The maximum absolute atomic E-state index is 12.7. The van der Waals surface area contributed by atoms with Crippen LogP contribution in [-0.2, 0) is 19.4 Å². The predicted octanol–water partition coefficient (Wildman–Crippen LogP) is 2.15. The number of fused-ring (bicyclic) bond motifs is 1. The molecule has 5 heteroatoms. The number of nitrogens with zero attached hydrogens (tertiary/aromatic N) is 2. The third-order valence-electron chi connectivity index (χ3n) is 5.19. The van der Waals surface area contributed by atoms with Gasteiger partial charge >= 0.3 is 0 Å². The monoisotopic (exact) mass is 324 g/mol. The van der Waals surface area contributed by atoms with Crippen molar-refractivity contribution in [3.05, 3.63) is 53.1 Å². The summed E-state index contributed by atoms with van der Waals surface area (Å²) in [6.45, 7) is 3.63. The molecule has 0 radical (unpaired) electrons. The smallest absolute Gasteiger partial charge is 0.254 e. The fourth-order valence-corrected chi connectivity index (χ4v) is 3.78. The molecular formula is C19H24N4O. The van der Waals surface area contributed by atoms with Crippen LogP contribution in [0.4, 0.5) is 0 Å². The zero-order chi connectivity index (χ0) is 16.4. The summed E-state index contributed by atoms with van der Waals surface area (Å²) in [5.74, 6) is 0.835. The van der Waals surface area contributed by atoms with Crippen LogP contribution >= 0.6 is 0 Å². The molecule has 1 saturated heterocycles. The van der Waals surface area contributed by atoms with Gasteiger partial charge in [-0.15, -0.1) is 0 Å². The van der Waals surface area contributed by atoms with Crippen molar-refractivity contribution in [2.45, 2.75) is 32.2 Å². The Bertz CT molecular complexity index is 700. The molecule has 0 saturated carbocycles. The lowest BCUT2D eigenvalue weighted by molar-refractivity contribution is 0.0732. The molecule has 4 rings (SSSR count). The number of carbonyl (C=O) groups excluding carboxylic acids is 1. The first-order valence-electron chi connectivity index (χ1n) is 8.89. The van der Waals surface area contributed by atoms with Gasteiger partial charge in [0.15, 0.2) is 0 Å². The lowest BCUT2D eigenvalue weighted by Crippen LogP contribution is -2.36. The van der Waals surface area contributed by atoms with Crippen molar-refractivity contribution >= 4 is 5.91 Å². The number of nitrogens with one attached hydrogen (secondary N) is 2. The van der Waals surface area contributed by atoms with Crippen LogP contribution in [0.25, 0.3) is 0 Å². The molecule has 1 aromatic carbocycles. The highest BCUT2D eigenvalue weighted by molar-refractivity contribution is 5.94. The second kappa shape index (κ2) is 6.77. The SMILES string of the molecule is O=C(c1ccc(C[C@@H]2CCCNC2)cc1)N1CCc2nc[nH]c2C1. The van der Waals surface area contributed by atoms with Crippen LogP contribution in [-0.4, -0.2) is 40.4 Å². The van der Waals surface area contributed by atoms with Gasteiger partial charge in [0.2, 0.25) is 0 Å². The van der Waals surface area contributed by atoms with E-state index in [4.69, 9.17) is 0 Å². The Morgan fingerprint density at radius 2 is 2.17 bits per heavy atom. The minimum absolute atomic E-state index is 0.112. The van der Waals surface area contributed by atoms with Crippen molar-refractivity contribution in [2.75, 3.05) is 19.6 Å². The van der Waals surface area contributed by atoms with Crippen molar-refractivity contribution in [3.63, 3.8) is 0 Å². The van der Waals surface area contributed by atoms with Crippen LogP contribution in [0, 0.1) is 5.92 Å². The lowest BCUT2D eigenvalue weighted by atomic mass is 9.92. The number of piperidine rings is 1. The standard InChI is InChI=1S/C19H24N4O/c24-19(23-9-7-17-18(12-23)22-13-21-17)16-5-3-14(4-6-16)10-15-2-1-8-20-11-15/h3-6,13,15,20H,1-2,7-12H2,(H,21,22)/t15-/m0/s1. The minimum atomic E-state index is 0.112. The van der Waals surface area contributed by atoms with E-state index < -0.39 is 0 Å². The Morgan fingerprint density at radius 3 is 2.96 bits per heavy atom. The molecule has 3 heterocycles. The van der Waals surface area contributed by atoms with E-state index in [1.54, 1.807) is 6.33 Å². The van der Waals surface area contributed by atoms with Gasteiger partial charge in [-0.25, -0.2) is 4.98 Å². The van der Waals surface area contributed by atoms with E-state index in [-0.39, 0.29) is 5.91 Å². The van der Waals surface area contributed by atoms with Crippen LogP contribution in [0.2, 0.25) is 0 Å². The number of carbonyl (C=O) groups is 1. The second-order valence-electron chi connectivity index (χ2n) is 6.92. The topological polar surface area (TPSA) is 61.0 Å². The first-order valence-corrected chi connectivity index (χ1v) is 8.89. The average Bonchev–Trinajstić information content (AvgIpc) is 3.10. The molecular weight excluding hydrogens is 300 g/mol. The number of hydrogen-bond acceptors (Lipinski definition) is 3. The van der Waals surface area contributed by atoms with Crippen molar-refractivity contribution in [1.82, 2.24) is 20.2 Å². The summed E-state index contributed by atoms with van der Waals surface area (Å²) >= 11 is 0. The van der Waals surface area contributed by atoms with E-state index in [2.05, 4.69) is 27.4 Å². The number of aromatic amines is 1. The number of hydrogen-bond donors (Lipinski definition) is 2. The van der Waals surface area contributed by atoms with E-state index >= 15 is 0 Å². The van der Waals surface area contributed by atoms with Gasteiger partial charge in [0.25, 0.3) is 5.91 Å². The lowest BCUT2D eigenvalue weighted by Gasteiger charge is -2.26. The predicted molar refractivity (Wildman–Crippen MR) is 92.8 cm³/mol. The molecule has 2 aliphatic heterocycles. The quantitative estimate of drug-likeness (QED) is 0.909. The largest absolute Gasteiger partial charge is 0.347 e. The highest BCUT2D eigenvalue weighted by atomic mass is 16.2. The zero-order valence-electron chi connectivity index (χ0n) is 13.9. The molecule has 1 fully saturated rings. The summed E-state index contributed by atoms with van der Waals surface area (Å²) in [5.41, 5.74) is 4.27. The van der Waals surface area contributed by atoms with Crippen LogP contribution in [0.3, 0.4) is 0 Å². The van der Waals surface area contributed by atoms with Gasteiger partial charge in [-0.1, -0.05) is 12.1 Å². The van der Waals surface area contributed by atoms with Gasteiger partial charge < -0.3 is 15.2 Å². The highest BCUT2D eigenvalue weighted by Crippen LogP contribution is 2.20. The minimum Gasteiger partial charge on any atom is -0.347 e. The first-order chi connectivity index (χ1) is 11.8. The maximum atomic E-state index is 12.7. The fraction of sp³-hybridized carbons (Fsp3) is 0.474. The second-order valence-corrected chi connectivity index (χ2v) is 6.92.